The van der Waals surface area contributed by atoms with E-state index in [2.05, 4.69) is 11.9 Å². The summed E-state index contributed by atoms with van der Waals surface area (Å²) < 4.78 is 10.7. The molecule has 0 bridgehead atoms. The molecule has 5 nitrogen and oxygen atoms in total. The van der Waals surface area contributed by atoms with Crippen LogP contribution in [0.15, 0.2) is 12.2 Å². The van der Waals surface area contributed by atoms with Gasteiger partial charge in [-0.25, -0.2) is 0 Å². The first-order chi connectivity index (χ1) is 8.03. The zero-order valence-electron chi connectivity index (χ0n) is 11.4. The average molecular weight is 277 g/mol. The Bertz CT molecular complexity index is 346. The van der Waals surface area contributed by atoms with Crippen LogP contribution in [0.2, 0.25) is 0 Å². The van der Waals surface area contributed by atoms with Crippen LogP contribution >= 0.6 is 7.60 Å². The molecular weight excluding hydrogens is 253 g/mol. The van der Waals surface area contributed by atoms with E-state index < -0.39 is 7.60 Å². The fraction of sp³-hybridized carbons (Fsp3) is 0.750. The predicted octanol–water partition coefficient (Wildman–Crippen LogP) is 2.05. The van der Waals surface area contributed by atoms with E-state index >= 15 is 0 Å². The van der Waals surface area contributed by atoms with Gasteiger partial charge >= 0.3 is 7.60 Å². The van der Waals surface area contributed by atoms with Crippen LogP contribution in [0.4, 0.5) is 0 Å². The van der Waals surface area contributed by atoms with E-state index in [1.54, 1.807) is 6.92 Å². The summed E-state index contributed by atoms with van der Waals surface area (Å²) in [6.07, 6.45) is 1.91. The van der Waals surface area contributed by atoms with Crippen molar-refractivity contribution >= 4 is 13.5 Å². The minimum Gasteiger partial charge on any atom is -0.352 e. The first-order valence-corrected chi connectivity index (χ1v) is 7.81. The lowest BCUT2D eigenvalue weighted by Gasteiger charge is -2.24. The third kappa shape index (κ3) is 9.40. The summed E-state index contributed by atoms with van der Waals surface area (Å²) in [5.74, 6) is -0.152. The van der Waals surface area contributed by atoms with Gasteiger partial charge in [-0.1, -0.05) is 20.4 Å². The van der Waals surface area contributed by atoms with Gasteiger partial charge in [0.1, 0.15) is 0 Å². The lowest BCUT2D eigenvalue weighted by Crippen LogP contribution is -2.28. The van der Waals surface area contributed by atoms with E-state index in [4.69, 9.17) is 9.79 Å². The van der Waals surface area contributed by atoms with Crippen LogP contribution in [-0.4, -0.2) is 28.4 Å². The van der Waals surface area contributed by atoms with Gasteiger partial charge in [-0.15, -0.1) is 0 Å². The smallest absolute Gasteiger partial charge is 0.325 e. The molecule has 0 aliphatic rings. The van der Waals surface area contributed by atoms with Crippen molar-refractivity contribution in [2.24, 2.45) is 5.41 Å². The number of carbonyl (C=O) groups excluding carboxylic acids is 1. The molecule has 0 aromatic heterocycles. The van der Waals surface area contributed by atoms with Gasteiger partial charge in [0.2, 0.25) is 5.91 Å². The summed E-state index contributed by atoms with van der Waals surface area (Å²) >= 11 is 0. The van der Waals surface area contributed by atoms with Crippen molar-refractivity contribution in [3.05, 3.63) is 12.2 Å². The zero-order valence-corrected chi connectivity index (χ0v) is 12.3. The van der Waals surface area contributed by atoms with Crippen LogP contribution in [0.3, 0.4) is 0 Å². The highest BCUT2D eigenvalue weighted by Crippen LogP contribution is 2.37. The molecule has 3 N–H and O–H groups in total. The maximum absolute atomic E-state index is 11.3. The summed E-state index contributed by atoms with van der Waals surface area (Å²) in [6.45, 7) is 9.81. The molecule has 0 fully saturated rings. The summed E-state index contributed by atoms with van der Waals surface area (Å²) in [5, 5.41) is 2.75. The molecule has 0 radical (unpaired) electrons. The van der Waals surface area contributed by atoms with Crippen molar-refractivity contribution in [2.45, 2.75) is 40.0 Å². The van der Waals surface area contributed by atoms with Gasteiger partial charge in [0.05, 0.1) is 0 Å². The Balaban J connectivity index is 3.90. The van der Waals surface area contributed by atoms with E-state index in [0.717, 1.165) is 12.8 Å². The van der Waals surface area contributed by atoms with Crippen LogP contribution in [0.25, 0.3) is 0 Å². The van der Waals surface area contributed by atoms with Crippen LogP contribution in [0.1, 0.15) is 40.0 Å². The highest BCUT2D eigenvalue weighted by Gasteiger charge is 2.20. The van der Waals surface area contributed by atoms with Crippen LogP contribution < -0.4 is 5.32 Å². The summed E-state index contributed by atoms with van der Waals surface area (Å²) in [6, 6.07) is 0. The predicted molar refractivity (Wildman–Crippen MR) is 72.4 cm³/mol. The second-order valence-electron chi connectivity index (χ2n) is 5.44. The largest absolute Gasteiger partial charge is 0.352 e. The Labute approximate surface area is 109 Å². The van der Waals surface area contributed by atoms with Gasteiger partial charge in [0, 0.05) is 18.3 Å². The molecule has 18 heavy (non-hydrogen) atoms. The molecule has 0 aliphatic heterocycles. The quantitative estimate of drug-likeness (QED) is 0.468. The van der Waals surface area contributed by atoms with Gasteiger partial charge < -0.3 is 15.1 Å². The number of carbonyl (C=O) groups is 1. The van der Waals surface area contributed by atoms with E-state index in [1.165, 1.54) is 0 Å². The minimum absolute atomic E-state index is 0.0441. The highest BCUT2D eigenvalue weighted by molar-refractivity contribution is 7.51. The molecule has 0 saturated carbocycles. The monoisotopic (exact) mass is 277 g/mol. The number of hydrogen-bond acceptors (Lipinski definition) is 2. The molecule has 0 aromatic carbocycles. The molecule has 0 saturated heterocycles. The second-order valence-corrected chi connectivity index (χ2v) is 7.22. The molecule has 0 atom stereocenters. The van der Waals surface area contributed by atoms with Crippen molar-refractivity contribution < 1.29 is 19.1 Å². The van der Waals surface area contributed by atoms with Gasteiger partial charge in [-0.3, -0.25) is 9.36 Å². The molecular formula is C12H24NO4P. The van der Waals surface area contributed by atoms with Crippen molar-refractivity contribution in [1.29, 1.82) is 0 Å². The van der Waals surface area contributed by atoms with Gasteiger partial charge in [0.15, 0.2) is 0 Å². The van der Waals surface area contributed by atoms with E-state index in [1.807, 2.05) is 13.8 Å². The summed E-state index contributed by atoms with van der Waals surface area (Å²) in [7, 11) is -3.89. The van der Waals surface area contributed by atoms with E-state index in [9.17, 15) is 9.36 Å². The van der Waals surface area contributed by atoms with Crippen molar-refractivity contribution in [2.75, 3.05) is 12.7 Å². The van der Waals surface area contributed by atoms with Gasteiger partial charge in [-0.2, -0.15) is 0 Å². The standard InChI is InChI=1S/C12H24NO4P/c1-10(2)11(14)13-8-7-12(3,4)6-5-9-18(15,16)17/h1,5-9H2,2-4H3,(H,13,14)(H2,15,16,17). The Morgan fingerprint density at radius 3 is 2.33 bits per heavy atom. The SMILES string of the molecule is C=C(C)C(=O)NCCC(C)(C)CCCP(=O)(O)O. The fourth-order valence-electron chi connectivity index (χ4n) is 1.55. The summed E-state index contributed by atoms with van der Waals surface area (Å²) in [5.41, 5.74) is 0.437. The number of hydrogen-bond donors (Lipinski definition) is 3. The van der Waals surface area contributed by atoms with Crippen LogP contribution in [-0.2, 0) is 9.36 Å². The third-order valence-electron chi connectivity index (χ3n) is 2.78. The average Bonchev–Trinajstić information content (AvgIpc) is 2.14. The maximum Gasteiger partial charge on any atom is 0.325 e. The molecule has 0 aromatic rings. The topological polar surface area (TPSA) is 86.6 Å². The minimum atomic E-state index is -3.89. The molecule has 1 amide bonds. The fourth-order valence-corrected chi connectivity index (χ4v) is 2.12. The lowest BCUT2D eigenvalue weighted by molar-refractivity contribution is -0.117. The molecule has 0 unspecified atom stereocenters. The number of nitrogens with one attached hydrogen (secondary N) is 1. The Morgan fingerprint density at radius 1 is 1.33 bits per heavy atom. The van der Waals surface area contributed by atoms with Crippen molar-refractivity contribution in [1.82, 2.24) is 5.32 Å². The molecule has 0 rings (SSSR count). The van der Waals surface area contributed by atoms with Crippen LogP contribution in [0.5, 0.6) is 0 Å². The Hall–Kier alpha value is -0.640. The zero-order chi connectivity index (χ0) is 14.4. The van der Waals surface area contributed by atoms with Crippen molar-refractivity contribution in [3.8, 4) is 0 Å². The lowest BCUT2D eigenvalue weighted by atomic mass is 9.84. The third-order valence-corrected chi connectivity index (χ3v) is 3.68. The Kier molecular flexibility index (Phi) is 6.82. The van der Waals surface area contributed by atoms with Crippen LogP contribution in [0, 0.1) is 5.41 Å². The summed E-state index contributed by atoms with van der Waals surface area (Å²) in [4.78, 5) is 28.8. The molecule has 0 aliphatic carbocycles. The Morgan fingerprint density at radius 2 is 1.89 bits per heavy atom. The maximum atomic E-state index is 11.3. The molecule has 0 spiro atoms. The molecule has 106 valence electrons. The number of amides is 1. The molecule has 6 heteroatoms. The van der Waals surface area contributed by atoms with E-state index in [0.29, 0.717) is 18.5 Å². The first-order valence-electron chi connectivity index (χ1n) is 6.02. The van der Waals surface area contributed by atoms with E-state index in [-0.39, 0.29) is 17.5 Å². The second kappa shape index (κ2) is 7.07. The van der Waals surface area contributed by atoms with Gasteiger partial charge in [-0.05, 0) is 31.6 Å². The normalized spacial score (nSPS) is 12.3. The van der Waals surface area contributed by atoms with Crippen molar-refractivity contribution in [3.63, 3.8) is 0 Å². The number of rotatable bonds is 8. The molecule has 0 heterocycles. The first kappa shape index (κ1) is 17.4. The highest BCUT2D eigenvalue weighted by atomic mass is 31.2. The van der Waals surface area contributed by atoms with Gasteiger partial charge in [0.25, 0.3) is 0 Å².